The van der Waals surface area contributed by atoms with Gasteiger partial charge in [0.25, 0.3) is 10.0 Å². The molecule has 0 saturated heterocycles. The number of aryl methyl sites for hydroxylation is 1. The second kappa shape index (κ2) is 6.54. The predicted molar refractivity (Wildman–Crippen MR) is 80.8 cm³/mol. The third kappa shape index (κ3) is 4.02. The third-order valence-corrected chi connectivity index (χ3v) is 4.66. The van der Waals surface area contributed by atoms with Crippen molar-refractivity contribution in [3.05, 3.63) is 40.9 Å². The Morgan fingerprint density at radius 1 is 1.43 bits per heavy atom. The quantitative estimate of drug-likeness (QED) is 0.805. The zero-order chi connectivity index (χ0) is 15.5. The van der Waals surface area contributed by atoms with Crippen LogP contribution in [0, 0.1) is 5.82 Å². The molecule has 6 nitrogen and oxygen atoms in total. The van der Waals surface area contributed by atoms with Crippen LogP contribution >= 0.6 is 15.9 Å². The summed E-state index contributed by atoms with van der Waals surface area (Å²) in [5, 5.41) is 3.95. The van der Waals surface area contributed by atoms with E-state index in [1.165, 1.54) is 29.2 Å². The highest BCUT2D eigenvalue weighted by Gasteiger charge is 2.17. The Labute approximate surface area is 130 Å². The van der Waals surface area contributed by atoms with E-state index in [1.54, 1.807) is 0 Å². The lowest BCUT2D eigenvalue weighted by atomic mass is 10.3. The lowest BCUT2D eigenvalue weighted by Crippen LogP contribution is -2.12. The van der Waals surface area contributed by atoms with E-state index in [0.29, 0.717) is 19.5 Å². The van der Waals surface area contributed by atoms with Crippen molar-refractivity contribution in [3.63, 3.8) is 0 Å². The fraction of sp³-hybridized carbons (Fsp3) is 0.250. The van der Waals surface area contributed by atoms with Gasteiger partial charge in [-0.3, -0.25) is 9.40 Å². The summed E-state index contributed by atoms with van der Waals surface area (Å²) < 4.78 is 41.8. The number of halogens is 2. The van der Waals surface area contributed by atoms with Crippen LogP contribution < -0.4 is 10.5 Å². The maximum absolute atomic E-state index is 13.4. The maximum atomic E-state index is 13.4. The first-order valence-corrected chi connectivity index (χ1v) is 8.40. The number of rotatable bonds is 6. The Balaban J connectivity index is 2.17. The van der Waals surface area contributed by atoms with Gasteiger partial charge in [-0.15, -0.1) is 0 Å². The molecule has 2 aromatic rings. The number of nitrogens with one attached hydrogen (secondary N) is 1. The number of anilines is 1. The number of benzene rings is 1. The smallest absolute Gasteiger partial charge is 0.265 e. The van der Waals surface area contributed by atoms with Crippen molar-refractivity contribution in [1.29, 1.82) is 0 Å². The van der Waals surface area contributed by atoms with Gasteiger partial charge in [-0.25, -0.2) is 12.8 Å². The van der Waals surface area contributed by atoms with Crippen molar-refractivity contribution in [2.75, 3.05) is 11.3 Å². The van der Waals surface area contributed by atoms with Crippen LogP contribution in [0.25, 0.3) is 0 Å². The Bertz CT molecular complexity index is 733. The number of hydrogen-bond acceptors (Lipinski definition) is 4. The summed E-state index contributed by atoms with van der Waals surface area (Å²) in [5.74, 6) is -0.547. The fourth-order valence-corrected chi connectivity index (χ4v) is 2.88. The van der Waals surface area contributed by atoms with E-state index < -0.39 is 15.8 Å². The van der Waals surface area contributed by atoms with Crippen molar-refractivity contribution in [3.8, 4) is 0 Å². The molecule has 0 amide bonds. The summed E-state index contributed by atoms with van der Waals surface area (Å²) in [6.45, 7) is 1.04. The second-order valence-electron chi connectivity index (χ2n) is 4.32. The number of aromatic nitrogens is 2. The fourth-order valence-electron chi connectivity index (χ4n) is 1.63. The van der Waals surface area contributed by atoms with Crippen LogP contribution in [-0.2, 0) is 16.6 Å². The van der Waals surface area contributed by atoms with Crippen LogP contribution in [0.5, 0.6) is 0 Å². The van der Waals surface area contributed by atoms with E-state index in [2.05, 4.69) is 25.8 Å². The van der Waals surface area contributed by atoms with Gasteiger partial charge >= 0.3 is 0 Å². The molecule has 1 heterocycles. The summed E-state index contributed by atoms with van der Waals surface area (Å²) in [6.07, 6.45) is 3.35. The van der Waals surface area contributed by atoms with Crippen LogP contribution in [0.1, 0.15) is 6.42 Å². The molecule has 114 valence electrons. The Hall–Kier alpha value is -1.45. The van der Waals surface area contributed by atoms with Gasteiger partial charge in [-0.1, -0.05) is 0 Å². The SMILES string of the molecule is NCCCn1cc(S(=O)(=O)Nc2ccc(Br)c(F)c2)cn1. The minimum Gasteiger partial charge on any atom is -0.330 e. The van der Waals surface area contributed by atoms with Crippen LogP contribution in [0.15, 0.2) is 40.0 Å². The maximum Gasteiger partial charge on any atom is 0.265 e. The Morgan fingerprint density at radius 2 is 2.19 bits per heavy atom. The van der Waals surface area contributed by atoms with E-state index in [-0.39, 0.29) is 15.1 Å². The first kappa shape index (κ1) is 15.9. The predicted octanol–water partition coefficient (Wildman–Crippen LogP) is 1.93. The number of sulfonamides is 1. The molecule has 21 heavy (non-hydrogen) atoms. The lowest BCUT2D eigenvalue weighted by molar-refractivity contribution is 0.582. The third-order valence-electron chi connectivity index (χ3n) is 2.68. The molecule has 0 spiro atoms. The Kier molecular flexibility index (Phi) is 4.96. The highest BCUT2D eigenvalue weighted by molar-refractivity contribution is 9.10. The largest absolute Gasteiger partial charge is 0.330 e. The minimum absolute atomic E-state index is 0.0165. The van der Waals surface area contributed by atoms with Gasteiger partial charge in [0, 0.05) is 12.7 Å². The van der Waals surface area contributed by atoms with Crippen molar-refractivity contribution in [1.82, 2.24) is 9.78 Å². The molecule has 0 aliphatic rings. The number of hydrogen-bond donors (Lipinski definition) is 2. The molecule has 3 N–H and O–H groups in total. The molecular weight excluding hydrogens is 363 g/mol. The van der Waals surface area contributed by atoms with Crippen LogP contribution in [-0.4, -0.2) is 24.7 Å². The monoisotopic (exact) mass is 376 g/mol. The van der Waals surface area contributed by atoms with Crippen molar-refractivity contribution >= 4 is 31.6 Å². The van der Waals surface area contributed by atoms with Gasteiger partial charge in [0.05, 0.1) is 16.4 Å². The van der Waals surface area contributed by atoms with Crippen molar-refractivity contribution in [2.24, 2.45) is 5.73 Å². The van der Waals surface area contributed by atoms with Crippen LogP contribution in [0.4, 0.5) is 10.1 Å². The molecule has 0 radical (unpaired) electrons. The van der Waals surface area contributed by atoms with Gasteiger partial charge in [0.1, 0.15) is 10.7 Å². The highest BCUT2D eigenvalue weighted by atomic mass is 79.9. The Morgan fingerprint density at radius 3 is 2.86 bits per heavy atom. The lowest BCUT2D eigenvalue weighted by Gasteiger charge is -2.06. The minimum atomic E-state index is -3.79. The molecule has 0 saturated carbocycles. The first-order valence-electron chi connectivity index (χ1n) is 6.13. The van der Waals surface area contributed by atoms with Gasteiger partial charge in [-0.2, -0.15) is 5.10 Å². The summed E-state index contributed by atoms with van der Waals surface area (Å²) in [6, 6.07) is 3.99. The molecule has 9 heteroatoms. The summed E-state index contributed by atoms with van der Waals surface area (Å²) in [5.41, 5.74) is 5.53. The summed E-state index contributed by atoms with van der Waals surface area (Å²) >= 11 is 3.01. The zero-order valence-corrected chi connectivity index (χ0v) is 13.4. The van der Waals surface area contributed by atoms with E-state index in [0.717, 1.165) is 6.07 Å². The summed E-state index contributed by atoms with van der Waals surface area (Å²) in [4.78, 5) is 0.0165. The molecule has 0 atom stereocenters. The topological polar surface area (TPSA) is 90.0 Å². The number of nitrogens with two attached hydrogens (primary N) is 1. The summed E-state index contributed by atoms with van der Waals surface area (Å²) in [7, 11) is -3.79. The van der Waals surface area contributed by atoms with Gasteiger partial charge < -0.3 is 5.73 Å². The van der Waals surface area contributed by atoms with E-state index in [4.69, 9.17) is 5.73 Å². The molecular formula is C12H14BrFN4O2S. The molecule has 0 bridgehead atoms. The highest BCUT2D eigenvalue weighted by Crippen LogP contribution is 2.21. The van der Waals surface area contributed by atoms with Gasteiger partial charge in [-0.05, 0) is 47.1 Å². The molecule has 0 aliphatic heterocycles. The van der Waals surface area contributed by atoms with Gasteiger partial charge in [0.15, 0.2) is 0 Å². The molecule has 0 unspecified atom stereocenters. The first-order chi connectivity index (χ1) is 9.92. The molecule has 0 fully saturated rings. The van der Waals surface area contributed by atoms with Gasteiger partial charge in [0.2, 0.25) is 0 Å². The normalized spacial score (nSPS) is 11.6. The average Bonchev–Trinajstić information content (AvgIpc) is 2.90. The second-order valence-corrected chi connectivity index (χ2v) is 6.85. The van der Waals surface area contributed by atoms with E-state index in [1.807, 2.05) is 0 Å². The molecule has 1 aromatic carbocycles. The molecule has 1 aromatic heterocycles. The van der Waals surface area contributed by atoms with Crippen LogP contribution in [0.2, 0.25) is 0 Å². The standard InChI is InChI=1S/C12H14BrFN4O2S/c13-11-3-2-9(6-12(11)14)17-21(19,20)10-7-16-18(8-10)5-1-4-15/h2-3,6-8,17H,1,4-5,15H2. The van der Waals surface area contributed by atoms with E-state index >= 15 is 0 Å². The van der Waals surface area contributed by atoms with Crippen LogP contribution in [0.3, 0.4) is 0 Å². The average molecular weight is 377 g/mol. The van der Waals surface area contributed by atoms with E-state index in [9.17, 15) is 12.8 Å². The molecule has 2 rings (SSSR count). The van der Waals surface area contributed by atoms with Crippen molar-refractivity contribution in [2.45, 2.75) is 17.9 Å². The number of nitrogens with zero attached hydrogens (tertiary/aromatic N) is 2. The molecule has 0 aliphatic carbocycles. The zero-order valence-electron chi connectivity index (χ0n) is 11.0. The van der Waals surface area contributed by atoms with Crippen molar-refractivity contribution < 1.29 is 12.8 Å².